The predicted octanol–water partition coefficient (Wildman–Crippen LogP) is 5.22. The van der Waals surface area contributed by atoms with Crippen LogP contribution in [-0.2, 0) is 11.3 Å². The molecule has 0 aromatic heterocycles. The molecule has 4 nitrogen and oxygen atoms in total. The van der Waals surface area contributed by atoms with E-state index >= 15 is 0 Å². The highest BCUT2D eigenvalue weighted by Gasteiger charge is 2.11. The molecule has 0 spiro atoms. The first-order valence-corrected chi connectivity index (χ1v) is 10.5. The number of nitrogens with one attached hydrogen (secondary N) is 2. The van der Waals surface area contributed by atoms with Crippen molar-refractivity contribution in [2.24, 2.45) is 0 Å². The van der Waals surface area contributed by atoms with Crippen molar-refractivity contribution in [2.75, 3.05) is 11.9 Å². The normalized spacial score (nSPS) is 15.5. The van der Waals surface area contributed by atoms with Crippen molar-refractivity contribution in [3.63, 3.8) is 0 Å². The highest BCUT2D eigenvalue weighted by atomic mass is 16.5. The Balaban J connectivity index is 1.44. The molecule has 0 atom stereocenters. The Kier molecular flexibility index (Phi) is 7.92. The lowest BCUT2D eigenvalue weighted by molar-refractivity contribution is -0.118. The molecule has 0 unspecified atom stereocenters. The lowest BCUT2D eigenvalue weighted by Crippen LogP contribution is -2.29. The molecule has 0 aliphatic heterocycles. The van der Waals surface area contributed by atoms with E-state index in [0.29, 0.717) is 6.04 Å². The van der Waals surface area contributed by atoms with Gasteiger partial charge in [0.1, 0.15) is 5.75 Å². The molecular weight excluding hydrogens is 348 g/mol. The number of amides is 1. The molecule has 28 heavy (non-hydrogen) atoms. The van der Waals surface area contributed by atoms with Gasteiger partial charge >= 0.3 is 0 Å². The first-order chi connectivity index (χ1) is 13.7. The third-order valence-corrected chi connectivity index (χ3v) is 5.30. The number of ether oxygens (including phenoxy) is 1. The van der Waals surface area contributed by atoms with Gasteiger partial charge in [-0.25, -0.2) is 0 Å². The second kappa shape index (κ2) is 10.9. The zero-order chi connectivity index (χ0) is 19.6. The van der Waals surface area contributed by atoms with E-state index in [1.165, 1.54) is 56.1 Å². The maximum absolute atomic E-state index is 12.1. The summed E-state index contributed by atoms with van der Waals surface area (Å²) in [6.07, 6.45) is 9.33. The minimum absolute atomic E-state index is 0.00732. The van der Waals surface area contributed by atoms with E-state index in [9.17, 15) is 4.79 Å². The average Bonchev–Trinajstić information content (AvgIpc) is 2.68. The number of hydrogen-bond donors (Lipinski definition) is 2. The molecule has 0 radical (unpaired) electrons. The van der Waals surface area contributed by atoms with Crippen LogP contribution in [0.2, 0.25) is 0 Å². The summed E-state index contributed by atoms with van der Waals surface area (Å²) in [5.74, 6) is 0.581. The monoisotopic (exact) mass is 380 g/mol. The van der Waals surface area contributed by atoms with Gasteiger partial charge in [0.2, 0.25) is 0 Å². The summed E-state index contributed by atoms with van der Waals surface area (Å²) in [4.78, 5) is 12.1. The lowest BCUT2D eigenvalue weighted by Gasteiger charge is -2.21. The molecule has 4 heteroatoms. The highest BCUT2D eigenvalue weighted by molar-refractivity contribution is 5.91. The number of benzene rings is 2. The Morgan fingerprint density at radius 2 is 1.71 bits per heavy atom. The minimum Gasteiger partial charge on any atom is -0.484 e. The van der Waals surface area contributed by atoms with Gasteiger partial charge in [0.15, 0.2) is 6.61 Å². The number of aryl methyl sites for hydroxylation is 1. The second-order valence-electron chi connectivity index (χ2n) is 7.77. The van der Waals surface area contributed by atoms with E-state index in [4.69, 9.17) is 4.74 Å². The molecule has 2 N–H and O–H groups in total. The summed E-state index contributed by atoms with van der Waals surface area (Å²) in [7, 11) is 0. The van der Waals surface area contributed by atoms with Crippen LogP contribution < -0.4 is 15.4 Å². The molecular formula is C24H32N2O2. The zero-order valence-electron chi connectivity index (χ0n) is 16.9. The van der Waals surface area contributed by atoms with E-state index in [1.54, 1.807) is 0 Å². The van der Waals surface area contributed by atoms with Gasteiger partial charge < -0.3 is 15.4 Å². The molecule has 1 amide bonds. The summed E-state index contributed by atoms with van der Waals surface area (Å²) >= 11 is 0. The third kappa shape index (κ3) is 7.01. The third-order valence-electron chi connectivity index (χ3n) is 5.30. The summed E-state index contributed by atoms with van der Waals surface area (Å²) in [6.45, 7) is 2.87. The van der Waals surface area contributed by atoms with Crippen molar-refractivity contribution in [2.45, 2.75) is 64.5 Å². The molecule has 0 bridgehead atoms. The smallest absolute Gasteiger partial charge is 0.262 e. The van der Waals surface area contributed by atoms with Crippen molar-refractivity contribution < 1.29 is 9.53 Å². The largest absolute Gasteiger partial charge is 0.484 e. The fourth-order valence-corrected chi connectivity index (χ4v) is 3.65. The van der Waals surface area contributed by atoms with Crippen LogP contribution in [-0.4, -0.2) is 18.6 Å². The van der Waals surface area contributed by atoms with E-state index in [0.717, 1.165) is 18.0 Å². The van der Waals surface area contributed by atoms with E-state index in [2.05, 4.69) is 16.7 Å². The van der Waals surface area contributed by atoms with Crippen LogP contribution in [0.15, 0.2) is 48.5 Å². The first-order valence-electron chi connectivity index (χ1n) is 10.5. The van der Waals surface area contributed by atoms with Crippen LogP contribution in [0.5, 0.6) is 5.75 Å². The zero-order valence-corrected chi connectivity index (χ0v) is 16.9. The number of hydrogen-bond acceptors (Lipinski definition) is 3. The predicted molar refractivity (Wildman–Crippen MR) is 115 cm³/mol. The summed E-state index contributed by atoms with van der Waals surface area (Å²) in [5, 5.41) is 6.56. The van der Waals surface area contributed by atoms with Crippen LogP contribution in [0.25, 0.3) is 0 Å². The van der Waals surface area contributed by atoms with Crippen LogP contribution in [0.3, 0.4) is 0 Å². The Hall–Kier alpha value is -2.33. The van der Waals surface area contributed by atoms with E-state index in [1.807, 2.05) is 49.4 Å². The number of rotatable bonds is 7. The van der Waals surface area contributed by atoms with Crippen molar-refractivity contribution in [1.29, 1.82) is 0 Å². The molecule has 0 saturated heterocycles. The Bertz CT molecular complexity index is 735. The van der Waals surface area contributed by atoms with Gasteiger partial charge in [-0.15, -0.1) is 0 Å². The van der Waals surface area contributed by atoms with Gasteiger partial charge in [-0.1, -0.05) is 61.9 Å². The van der Waals surface area contributed by atoms with E-state index in [-0.39, 0.29) is 12.5 Å². The number of anilines is 1. The van der Waals surface area contributed by atoms with Crippen molar-refractivity contribution in [3.8, 4) is 5.75 Å². The van der Waals surface area contributed by atoms with Crippen LogP contribution in [0, 0.1) is 6.92 Å². The van der Waals surface area contributed by atoms with Gasteiger partial charge in [-0.2, -0.15) is 0 Å². The Morgan fingerprint density at radius 1 is 1.00 bits per heavy atom. The second-order valence-corrected chi connectivity index (χ2v) is 7.77. The molecule has 1 fully saturated rings. The maximum Gasteiger partial charge on any atom is 0.262 e. The van der Waals surface area contributed by atoms with Gasteiger partial charge in [0.05, 0.1) is 0 Å². The van der Waals surface area contributed by atoms with Crippen molar-refractivity contribution in [1.82, 2.24) is 5.32 Å². The molecule has 1 aliphatic rings. The maximum atomic E-state index is 12.1. The quantitative estimate of drug-likeness (QED) is 0.693. The number of carbonyl (C=O) groups excluding carboxylic acids is 1. The molecule has 2 aromatic rings. The average molecular weight is 381 g/mol. The van der Waals surface area contributed by atoms with Crippen LogP contribution in [0.4, 0.5) is 5.69 Å². The van der Waals surface area contributed by atoms with E-state index < -0.39 is 0 Å². The summed E-state index contributed by atoms with van der Waals surface area (Å²) in [6, 6.07) is 16.4. The molecule has 2 aromatic carbocycles. The molecule has 1 aliphatic carbocycles. The minimum atomic E-state index is -0.151. The summed E-state index contributed by atoms with van der Waals surface area (Å²) in [5.41, 5.74) is 3.15. The van der Waals surface area contributed by atoms with Gasteiger partial charge in [0, 0.05) is 18.3 Å². The fourth-order valence-electron chi connectivity index (χ4n) is 3.65. The fraction of sp³-hybridized carbons (Fsp3) is 0.458. The van der Waals surface area contributed by atoms with Gasteiger partial charge in [-0.3, -0.25) is 4.79 Å². The van der Waals surface area contributed by atoms with Gasteiger partial charge in [-0.05, 0) is 49.6 Å². The lowest BCUT2D eigenvalue weighted by atomic mass is 9.96. The molecule has 0 heterocycles. The Labute approximate surface area is 168 Å². The standard InChI is InChI=1S/C24H32N2O2/c1-19-12-14-22(15-13-19)26-24(27)18-28-23-11-7-8-20(16-23)17-25-21-9-5-3-2-4-6-10-21/h7-8,11-16,21,25H,2-6,9-10,17-18H2,1H3,(H,26,27). The number of carbonyl (C=O) groups is 1. The first kappa shape index (κ1) is 20.4. The Morgan fingerprint density at radius 3 is 2.46 bits per heavy atom. The topological polar surface area (TPSA) is 50.4 Å². The van der Waals surface area contributed by atoms with Crippen LogP contribution >= 0.6 is 0 Å². The van der Waals surface area contributed by atoms with Crippen molar-refractivity contribution in [3.05, 3.63) is 59.7 Å². The molecule has 3 rings (SSSR count). The SMILES string of the molecule is Cc1ccc(NC(=O)COc2cccc(CNC3CCCCCCC3)c2)cc1. The van der Waals surface area contributed by atoms with Gasteiger partial charge in [0.25, 0.3) is 5.91 Å². The summed E-state index contributed by atoms with van der Waals surface area (Å²) < 4.78 is 5.69. The highest BCUT2D eigenvalue weighted by Crippen LogP contribution is 2.18. The van der Waals surface area contributed by atoms with Crippen molar-refractivity contribution >= 4 is 11.6 Å². The van der Waals surface area contributed by atoms with Crippen LogP contribution in [0.1, 0.15) is 56.1 Å². The molecule has 1 saturated carbocycles. The molecule has 150 valence electrons.